The number of methoxy groups -OCH3 is 1. The van der Waals surface area contributed by atoms with E-state index in [9.17, 15) is 4.79 Å². The quantitative estimate of drug-likeness (QED) is 0.476. The van der Waals surface area contributed by atoms with E-state index < -0.39 is 5.97 Å². The molecular formula is C4H5N4O2. The summed E-state index contributed by atoms with van der Waals surface area (Å²) in [4.78, 5) is 10.5. The molecule has 0 saturated carbocycles. The fourth-order valence-electron chi connectivity index (χ4n) is 0.414. The van der Waals surface area contributed by atoms with Crippen LogP contribution >= 0.6 is 0 Å². The highest BCUT2D eigenvalue weighted by Crippen LogP contribution is 1.79. The average molecular weight is 141 g/mol. The Balaban J connectivity index is 2.48. The van der Waals surface area contributed by atoms with Gasteiger partial charge in [0.15, 0.2) is 0 Å². The molecule has 0 N–H and O–H groups in total. The number of aromatic nitrogens is 4. The van der Waals surface area contributed by atoms with Crippen molar-refractivity contribution >= 4 is 5.97 Å². The van der Waals surface area contributed by atoms with E-state index in [0.717, 1.165) is 4.68 Å². The second-order valence-corrected chi connectivity index (χ2v) is 1.51. The Kier molecular flexibility index (Phi) is 1.93. The van der Waals surface area contributed by atoms with Gasteiger partial charge in [-0.15, -0.1) is 5.10 Å². The molecule has 0 bridgehead atoms. The van der Waals surface area contributed by atoms with Gasteiger partial charge in [0.2, 0.25) is 6.33 Å². The molecule has 1 radical (unpaired) electrons. The molecular weight excluding hydrogens is 136 g/mol. The van der Waals surface area contributed by atoms with Crippen LogP contribution in [0.1, 0.15) is 0 Å². The van der Waals surface area contributed by atoms with Crippen LogP contribution in [-0.2, 0) is 16.1 Å². The molecule has 1 aromatic rings. The molecule has 1 heterocycles. The van der Waals surface area contributed by atoms with Gasteiger partial charge in [0.25, 0.3) is 0 Å². The largest absolute Gasteiger partial charge is 0.468 e. The van der Waals surface area contributed by atoms with Crippen molar-refractivity contribution in [2.24, 2.45) is 0 Å². The number of hydrogen-bond donors (Lipinski definition) is 0. The predicted molar refractivity (Wildman–Crippen MR) is 28.7 cm³/mol. The first-order chi connectivity index (χ1) is 4.83. The summed E-state index contributed by atoms with van der Waals surface area (Å²) >= 11 is 0. The summed E-state index contributed by atoms with van der Waals surface area (Å²) in [5.74, 6) is -0.399. The molecule has 0 atom stereocenters. The van der Waals surface area contributed by atoms with Gasteiger partial charge in [-0.3, -0.25) is 4.79 Å². The lowest BCUT2D eigenvalue weighted by molar-refractivity contribution is -0.141. The molecule has 0 spiro atoms. The molecule has 6 heteroatoms. The topological polar surface area (TPSA) is 69.9 Å². The Morgan fingerprint density at radius 2 is 2.60 bits per heavy atom. The van der Waals surface area contributed by atoms with E-state index in [0.29, 0.717) is 0 Å². The van der Waals surface area contributed by atoms with Gasteiger partial charge in [-0.2, -0.15) is 0 Å². The number of esters is 1. The maximum Gasteiger partial charge on any atom is 0.327 e. The number of carbonyl (C=O) groups is 1. The SMILES string of the molecule is COC(=O)Cn1[c]nnn1. The van der Waals surface area contributed by atoms with Crippen molar-refractivity contribution in [1.82, 2.24) is 20.2 Å². The molecule has 1 aromatic heterocycles. The van der Waals surface area contributed by atoms with Gasteiger partial charge < -0.3 is 4.74 Å². The van der Waals surface area contributed by atoms with Crippen molar-refractivity contribution in [3.8, 4) is 0 Å². The zero-order chi connectivity index (χ0) is 7.40. The summed E-state index contributed by atoms with van der Waals surface area (Å²) in [5, 5.41) is 9.89. The Bertz CT molecular complexity index is 207. The lowest BCUT2D eigenvalue weighted by atomic mass is 10.7. The van der Waals surface area contributed by atoms with E-state index in [1.54, 1.807) is 0 Å². The van der Waals surface area contributed by atoms with Crippen LogP contribution < -0.4 is 0 Å². The summed E-state index contributed by atoms with van der Waals surface area (Å²) in [6.07, 6.45) is 2.35. The van der Waals surface area contributed by atoms with Crippen LogP contribution in [0.25, 0.3) is 0 Å². The third-order valence-corrected chi connectivity index (χ3v) is 0.859. The van der Waals surface area contributed by atoms with Crippen molar-refractivity contribution in [3.05, 3.63) is 6.33 Å². The van der Waals surface area contributed by atoms with Gasteiger partial charge in [-0.25, -0.2) is 4.68 Å². The van der Waals surface area contributed by atoms with E-state index in [-0.39, 0.29) is 6.54 Å². The smallest absolute Gasteiger partial charge is 0.327 e. The Hall–Kier alpha value is -1.46. The molecule has 53 valence electrons. The minimum Gasteiger partial charge on any atom is -0.468 e. The van der Waals surface area contributed by atoms with E-state index >= 15 is 0 Å². The zero-order valence-corrected chi connectivity index (χ0v) is 5.31. The summed E-state index contributed by atoms with van der Waals surface area (Å²) in [5.41, 5.74) is 0. The number of hydrogen-bond acceptors (Lipinski definition) is 5. The molecule has 0 aromatic carbocycles. The summed E-state index contributed by atoms with van der Waals surface area (Å²) < 4.78 is 5.51. The first-order valence-corrected chi connectivity index (χ1v) is 2.53. The third kappa shape index (κ3) is 1.51. The number of ether oxygens (including phenoxy) is 1. The highest BCUT2D eigenvalue weighted by atomic mass is 16.5. The van der Waals surface area contributed by atoms with E-state index in [1.807, 2.05) is 0 Å². The second-order valence-electron chi connectivity index (χ2n) is 1.51. The number of rotatable bonds is 2. The van der Waals surface area contributed by atoms with Crippen LogP contribution in [0.3, 0.4) is 0 Å². The average Bonchev–Trinajstić information content (AvgIpc) is 2.40. The summed E-state index contributed by atoms with van der Waals surface area (Å²) in [6, 6.07) is 0. The lowest BCUT2D eigenvalue weighted by Gasteiger charge is -1.94. The van der Waals surface area contributed by atoms with Crippen molar-refractivity contribution in [2.45, 2.75) is 6.54 Å². The third-order valence-electron chi connectivity index (χ3n) is 0.859. The van der Waals surface area contributed by atoms with Crippen LogP contribution in [0.15, 0.2) is 0 Å². The highest BCUT2D eigenvalue weighted by Gasteiger charge is 2.01. The second kappa shape index (κ2) is 2.90. The Morgan fingerprint density at radius 3 is 3.10 bits per heavy atom. The first-order valence-electron chi connectivity index (χ1n) is 2.53. The van der Waals surface area contributed by atoms with Gasteiger partial charge in [-0.1, -0.05) is 0 Å². The number of nitrogens with zero attached hydrogens (tertiary/aromatic N) is 4. The van der Waals surface area contributed by atoms with Gasteiger partial charge in [0.1, 0.15) is 6.54 Å². The first kappa shape index (κ1) is 6.66. The lowest BCUT2D eigenvalue weighted by Crippen LogP contribution is -2.12. The molecule has 0 fully saturated rings. The molecule has 1 rings (SSSR count). The summed E-state index contributed by atoms with van der Waals surface area (Å²) in [6.45, 7) is 0.00347. The van der Waals surface area contributed by atoms with Gasteiger partial charge >= 0.3 is 5.97 Å². The minimum absolute atomic E-state index is 0.00347. The van der Waals surface area contributed by atoms with Crippen LogP contribution in [0, 0.1) is 6.33 Å². The normalized spacial score (nSPS) is 9.30. The molecule has 0 aliphatic carbocycles. The standard InChI is InChI=1S/C4H5N4O2/c1-10-4(9)2-8-3-5-6-7-8/h2H2,1H3. The van der Waals surface area contributed by atoms with Gasteiger partial charge in [0.05, 0.1) is 7.11 Å². The maximum absolute atomic E-state index is 10.5. The Morgan fingerprint density at radius 1 is 1.80 bits per heavy atom. The van der Waals surface area contributed by atoms with E-state index in [4.69, 9.17) is 0 Å². The molecule has 0 saturated heterocycles. The van der Waals surface area contributed by atoms with E-state index in [2.05, 4.69) is 26.6 Å². The zero-order valence-electron chi connectivity index (χ0n) is 5.31. The van der Waals surface area contributed by atoms with Crippen molar-refractivity contribution in [2.75, 3.05) is 7.11 Å². The molecule has 0 aliphatic heterocycles. The molecule has 0 unspecified atom stereocenters. The highest BCUT2D eigenvalue weighted by molar-refractivity contribution is 5.68. The number of tetrazole rings is 1. The molecule has 0 aliphatic rings. The molecule has 6 nitrogen and oxygen atoms in total. The fraction of sp³-hybridized carbons (Fsp3) is 0.500. The summed E-state index contributed by atoms with van der Waals surface area (Å²) in [7, 11) is 1.30. The maximum atomic E-state index is 10.5. The number of carbonyl (C=O) groups excluding carboxylic acids is 1. The minimum atomic E-state index is -0.399. The van der Waals surface area contributed by atoms with Crippen molar-refractivity contribution in [3.63, 3.8) is 0 Å². The van der Waals surface area contributed by atoms with Crippen LogP contribution in [-0.4, -0.2) is 33.3 Å². The van der Waals surface area contributed by atoms with Gasteiger partial charge in [-0.05, 0) is 10.4 Å². The fourth-order valence-corrected chi connectivity index (χ4v) is 0.414. The predicted octanol–water partition coefficient (Wildman–Crippen LogP) is -1.35. The monoisotopic (exact) mass is 141 g/mol. The van der Waals surface area contributed by atoms with Crippen molar-refractivity contribution in [1.29, 1.82) is 0 Å². The van der Waals surface area contributed by atoms with Crippen molar-refractivity contribution < 1.29 is 9.53 Å². The van der Waals surface area contributed by atoms with Crippen LogP contribution in [0.4, 0.5) is 0 Å². The van der Waals surface area contributed by atoms with Gasteiger partial charge in [0, 0.05) is 0 Å². The van der Waals surface area contributed by atoms with Crippen LogP contribution in [0.5, 0.6) is 0 Å². The van der Waals surface area contributed by atoms with Crippen LogP contribution in [0.2, 0.25) is 0 Å². The molecule has 0 amide bonds. The van der Waals surface area contributed by atoms with E-state index in [1.165, 1.54) is 7.11 Å². The Labute approximate surface area is 56.8 Å². The molecule has 10 heavy (non-hydrogen) atoms.